The van der Waals surface area contributed by atoms with E-state index in [1.165, 1.54) is 47.9 Å². The number of carbonyl (C=O) groups is 1. The van der Waals surface area contributed by atoms with Crippen molar-refractivity contribution in [2.24, 2.45) is 10.9 Å². The highest BCUT2D eigenvalue weighted by Crippen LogP contribution is 2.43. The van der Waals surface area contributed by atoms with Gasteiger partial charge in [-0.25, -0.2) is 9.98 Å². The van der Waals surface area contributed by atoms with E-state index >= 15 is 0 Å². The Kier molecular flexibility index (Phi) is 11.2. The second-order valence-corrected chi connectivity index (χ2v) is 11.1. The summed E-state index contributed by atoms with van der Waals surface area (Å²) in [6, 6.07) is 4.33. The first-order valence-corrected chi connectivity index (χ1v) is 13.9. The van der Waals surface area contributed by atoms with Gasteiger partial charge in [0.1, 0.15) is 22.3 Å². The maximum Gasteiger partial charge on any atom is 0.387 e. The average molecular weight is 593 g/mol. The molecule has 2 aromatic rings. The molecule has 1 aliphatic heterocycles. The maximum atomic E-state index is 13.5. The quantitative estimate of drug-likeness (QED) is 0.185. The second kappa shape index (κ2) is 14.4. The number of hydrogen-bond donors (Lipinski definition) is 1. The lowest BCUT2D eigenvalue weighted by Crippen LogP contribution is -2.37. The largest absolute Gasteiger partial charge is 0.434 e. The molecule has 3 rings (SSSR count). The van der Waals surface area contributed by atoms with Crippen molar-refractivity contribution in [3.8, 4) is 17.0 Å². The molecule has 1 aromatic carbocycles. The van der Waals surface area contributed by atoms with E-state index in [0.29, 0.717) is 26.9 Å². The molecule has 216 valence electrons. The minimum atomic E-state index is -3.05. The average Bonchev–Trinajstić information content (AvgIpc) is 3.30. The summed E-state index contributed by atoms with van der Waals surface area (Å²) in [6.07, 6.45) is 6.36. The molecule has 0 aliphatic carbocycles. The highest BCUT2D eigenvalue weighted by atomic mass is 35.5. The van der Waals surface area contributed by atoms with Gasteiger partial charge in [-0.15, -0.1) is 0 Å². The predicted octanol–water partition coefficient (Wildman–Crippen LogP) is 6.00. The van der Waals surface area contributed by atoms with Gasteiger partial charge in [0.2, 0.25) is 0 Å². The van der Waals surface area contributed by atoms with E-state index in [9.17, 15) is 13.6 Å². The van der Waals surface area contributed by atoms with Crippen molar-refractivity contribution in [2.45, 2.75) is 19.5 Å². The number of nitrogens with one attached hydrogen (secondary N) is 1. The van der Waals surface area contributed by atoms with Gasteiger partial charge in [-0.1, -0.05) is 48.2 Å². The number of anilines is 2. The first-order chi connectivity index (χ1) is 19.0. The zero-order valence-corrected chi connectivity index (χ0v) is 24.7. The molecule has 1 aromatic heterocycles. The molecule has 1 N–H and O–H groups in total. The van der Waals surface area contributed by atoms with E-state index in [1.807, 2.05) is 0 Å². The number of nitrogens with zero attached hydrogens (tertiary/aromatic N) is 5. The number of aliphatic imine (C=N–C) groups is 1. The fraction of sp³-hybridized carbons (Fsp3) is 0.393. The molecule has 2 heterocycles. The van der Waals surface area contributed by atoms with Gasteiger partial charge in [0.25, 0.3) is 5.91 Å². The van der Waals surface area contributed by atoms with Crippen LogP contribution in [0, 0.1) is 5.92 Å². The summed E-state index contributed by atoms with van der Waals surface area (Å²) in [5.41, 5.74) is 0.740. The molecule has 0 unspecified atom stereocenters. The molecular weight excluding hydrogens is 558 g/mol. The first-order valence-electron chi connectivity index (χ1n) is 12.7. The lowest BCUT2D eigenvalue weighted by atomic mass is 9.97. The van der Waals surface area contributed by atoms with Crippen LogP contribution in [-0.2, 0) is 4.79 Å². The Morgan fingerprint density at radius 1 is 1.30 bits per heavy atom. The van der Waals surface area contributed by atoms with E-state index in [1.54, 1.807) is 19.0 Å². The number of aromatic nitrogens is 1. The Morgan fingerprint density at radius 3 is 2.58 bits per heavy atom. The van der Waals surface area contributed by atoms with Crippen molar-refractivity contribution < 1.29 is 18.3 Å². The van der Waals surface area contributed by atoms with Crippen LogP contribution in [0.15, 0.2) is 59.9 Å². The molecule has 0 bridgehead atoms. The Labute approximate surface area is 243 Å². The van der Waals surface area contributed by atoms with Crippen molar-refractivity contribution in [1.29, 1.82) is 0 Å². The predicted molar refractivity (Wildman–Crippen MR) is 161 cm³/mol. The maximum absolute atomic E-state index is 13.5. The van der Waals surface area contributed by atoms with Gasteiger partial charge in [-0.3, -0.25) is 4.79 Å². The van der Waals surface area contributed by atoms with Gasteiger partial charge in [-0.05, 0) is 51.1 Å². The number of ether oxygens (including phenoxy) is 1. The highest BCUT2D eigenvalue weighted by Gasteiger charge is 2.27. The van der Waals surface area contributed by atoms with Crippen molar-refractivity contribution in [2.75, 3.05) is 58.0 Å². The van der Waals surface area contributed by atoms with Gasteiger partial charge < -0.3 is 24.8 Å². The Hall–Kier alpha value is -3.28. The van der Waals surface area contributed by atoms with E-state index in [4.69, 9.17) is 21.3 Å². The molecule has 1 fully saturated rings. The SMILES string of the molecule is C=C/C=N\C(=C(\C=C)C(=O)Nc1sc(N2CCC(CN(C)C)CC2)nc1-c1cc(Cl)ccc1OC(F)F)N(C)C. The molecule has 0 atom stereocenters. The first kappa shape index (κ1) is 31.3. The zero-order valence-electron chi connectivity index (χ0n) is 23.2. The molecule has 40 heavy (non-hydrogen) atoms. The third-order valence-corrected chi connectivity index (χ3v) is 7.45. The molecule has 1 amide bonds. The van der Waals surface area contributed by atoms with Crippen LogP contribution in [0.2, 0.25) is 5.02 Å². The molecule has 12 heteroatoms. The summed E-state index contributed by atoms with van der Waals surface area (Å²) in [7, 11) is 7.63. The van der Waals surface area contributed by atoms with Crippen LogP contribution in [0.1, 0.15) is 12.8 Å². The molecule has 0 saturated carbocycles. The molecule has 0 spiro atoms. The molecule has 1 aliphatic rings. The molecule has 1 saturated heterocycles. The number of piperidine rings is 1. The van der Waals surface area contributed by atoms with Crippen LogP contribution in [0.3, 0.4) is 0 Å². The van der Waals surface area contributed by atoms with Gasteiger partial charge in [0, 0.05) is 50.5 Å². The smallest absolute Gasteiger partial charge is 0.387 e. The van der Waals surface area contributed by atoms with E-state index < -0.39 is 12.5 Å². The minimum Gasteiger partial charge on any atom is -0.434 e. The number of carbonyl (C=O) groups excluding carboxylic acids is 1. The fourth-order valence-electron chi connectivity index (χ4n) is 4.43. The van der Waals surface area contributed by atoms with Crippen LogP contribution in [0.25, 0.3) is 11.3 Å². The summed E-state index contributed by atoms with van der Waals surface area (Å²) in [4.78, 5) is 28.6. The number of allylic oxidation sites excluding steroid dienone is 1. The monoisotopic (exact) mass is 592 g/mol. The Balaban J connectivity index is 2.06. The van der Waals surface area contributed by atoms with Crippen LogP contribution in [-0.4, -0.2) is 81.3 Å². The summed E-state index contributed by atoms with van der Waals surface area (Å²) < 4.78 is 31.3. The zero-order chi connectivity index (χ0) is 29.4. The summed E-state index contributed by atoms with van der Waals surface area (Å²) in [5, 5.41) is 4.25. The molecule has 0 radical (unpaired) electrons. The van der Waals surface area contributed by atoms with Gasteiger partial charge in [-0.2, -0.15) is 8.78 Å². The van der Waals surface area contributed by atoms with Crippen LogP contribution in [0.4, 0.5) is 18.9 Å². The van der Waals surface area contributed by atoms with E-state index in [0.717, 1.165) is 32.5 Å². The highest BCUT2D eigenvalue weighted by molar-refractivity contribution is 7.20. The molecule has 8 nitrogen and oxygen atoms in total. The lowest BCUT2D eigenvalue weighted by molar-refractivity contribution is -0.112. The van der Waals surface area contributed by atoms with Crippen molar-refractivity contribution in [1.82, 2.24) is 14.8 Å². The Bertz CT molecular complexity index is 1270. The van der Waals surface area contributed by atoms with Crippen molar-refractivity contribution in [3.05, 3.63) is 59.9 Å². The number of rotatable bonds is 12. The number of alkyl halides is 2. The van der Waals surface area contributed by atoms with Crippen LogP contribution < -0.4 is 15.0 Å². The standard InChI is InChI=1S/C28H35ClF2N6O2S/c1-7-13-32-24(36(5)6)20(8-2)25(38)34-26-23(21-16-19(29)9-10-22(21)39-27(30)31)33-28(40-26)37-14-11-18(12-15-37)17-35(3)4/h7-10,13,16,18,27H,1-2,11-12,14-15,17H2,3-6H3,(H,34,38)/b24-20+,32-13-. The number of halogens is 3. The topological polar surface area (TPSA) is 73.3 Å². The van der Waals surface area contributed by atoms with Gasteiger partial charge >= 0.3 is 6.61 Å². The van der Waals surface area contributed by atoms with Crippen molar-refractivity contribution >= 4 is 45.2 Å². The molecular formula is C28H35ClF2N6O2S. The third kappa shape index (κ3) is 8.12. The number of amides is 1. The van der Waals surface area contributed by atoms with E-state index in [-0.39, 0.29) is 22.6 Å². The van der Waals surface area contributed by atoms with Gasteiger partial charge in [0.15, 0.2) is 5.13 Å². The summed E-state index contributed by atoms with van der Waals surface area (Å²) in [5.74, 6) is 0.357. The number of thiazole rings is 1. The fourth-order valence-corrected chi connectivity index (χ4v) is 5.63. The Morgan fingerprint density at radius 2 is 2.00 bits per heavy atom. The lowest BCUT2D eigenvalue weighted by Gasteiger charge is -2.32. The van der Waals surface area contributed by atoms with E-state index in [2.05, 4.69) is 47.4 Å². The van der Waals surface area contributed by atoms with Gasteiger partial charge in [0.05, 0.1) is 5.57 Å². The second-order valence-electron chi connectivity index (χ2n) is 9.69. The third-order valence-electron chi connectivity index (χ3n) is 6.18. The summed E-state index contributed by atoms with van der Waals surface area (Å²) in [6.45, 7) is 6.95. The summed E-state index contributed by atoms with van der Waals surface area (Å²) >= 11 is 7.52. The van der Waals surface area contributed by atoms with Crippen molar-refractivity contribution in [3.63, 3.8) is 0 Å². The normalized spacial score (nSPS) is 15.0. The number of hydrogen-bond acceptors (Lipinski definition) is 8. The number of benzene rings is 1. The van der Waals surface area contributed by atoms with Crippen LogP contribution >= 0.6 is 22.9 Å². The van der Waals surface area contributed by atoms with Crippen LogP contribution in [0.5, 0.6) is 5.75 Å². The minimum absolute atomic E-state index is 0.0968.